The van der Waals surface area contributed by atoms with Gasteiger partial charge >= 0.3 is 0 Å². The first kappa shape index (κ1) is 13.4. The monoisotopic (exact) mass is 249 g/mol. The van der Waals surface area contributed by atoms with Crippen molar-refractivity contribution >= 4 is 0 Å². The fraction of sp³-hybridized carbons (Fsp3) is 0.600. The smallest absolute Gasteiger partial charge is 0.119 e. The molecule has 1 saturated carbocycles. The van der Waals surface area contributed by atoms with Gasteiger partial charge in [0.1, 0.15) is 5.75 Å². The Kier molecular flexibility index (Phi) is 4.61. The first-order chi connectivity index (χ1) is 8.78. The number of hydrogen-bond acceptors (Lipinski definition) is 3. The number of methoxy groups -OCH3 is 2. The van der Waals surface area contributed by atoms with E-state index in [-0.39, 0.29) is 0 Å². The van der Waals surface area contributed by atoms with Gasteiger partial charge in [0, 0.05) is 20.2 Å². The zero-order chi connectivity index (χ0) is 12.8. The topological polar surface area (TPSA) is 30.5 Å². The molecule has 18 heavy (non-hydrogen) atoms. The minimum Gasteiger partial charge on any atom is -0.497 e. The Morgan fingerprint density at radius 1 is 1.28 bits per heavy atom. The molecule has 100 valence electrons. The highest BCUT2D eigenvalue weighted by molar-refractivity contribution is 5.30. The van der Waals surface area contributed by atoms with E-state index in [9.17, 15) is 0 Å². The summed E-state index contributed by atoms with van der Waals surface area (Å²) in [6.45, 7) is 2.82. The highest BCUT2D eigenvalue weighted by Crippen LogP contribution is 2.47. The van der Waals surface area contributed by atoms with Gasteiger partial charge in [-0.15, -0.1) is 0 Å². The van der Waals surface area contributed by atoms with Crippen molar-refractivity contribution in [1.82, 2.24) is 5.32 Å². The van der Waals surface area contributed by atoms with Crippen LogP contribution in [0.5, 0.6) is 5.75 Å². The van der Waals surface area contributed by atoms with Crippen LogP contribution in [-0.4, -0.2) is 33.9 Å². The SMILES string of the molecule is COCCNCC1(Cc2cccc(OC)c2)CC1. The Balaban J connectivity index is 1.84. The Bertz CT molecular complexity index is 375. The van der Waals surface area contributed by atoms with E-state index in [0.29, 0.717) is 5.41 Å². The first-order valence-corrected chi connectivity index (χ1v) is 6.61. The molecule has 0 spiro atoms. The molecular weight excluding hydrogens is 226 g/mol. The molecule has 1 fully saturated rings. The summed E-state index contributed by atoms with van der Waals surface area (Å²) in [7, 11) is 3.46. The molecule has 1 aromatic carbocycles. The van der Waals surface area contributed by atoms with Crippen molar-refractivity contribution in [1.29, 1.82) is 0 Å². The maximum absolute atomic E-state index is 5.27. The van der Waals surface area contributed by atoms with Crippen LogP contribution in [-0.2, 0) is 11.2 Å². The number of ether oxygens (including phenoxy) is 2. The summed E-state index contributed by atoms with van der Waals surface area (Å²) in [6.07, 6.45) is 3.79. The lowest BCUT2D eigenvalue weighted by molar-refractivity contribution is 0.197. The molecule has 1 N–H and O–H groups in total. The van der Waals surface area contributed by atoms with Crippen molar-refractivity contribution < 1.29 is 9.47 Å². The van der Waals surface area contributed by atoms with Crippen LogP contribution in [0.15, 0.2) is 24.3 Å². The molecule has 0 bridgehead atoms. The molecule has 1 aliphatic rings. The third-order valence-corrected chi connectivity index (χ3v) is 3.65. The van der Waals surface area contributed by atoms with E-state index < -0.39 is 0 Å². The minimum absolute atomic E-state index is 0.472. The van der Waals surface area contributed by atoms with Crippen molar-refractivity contribution in [2.75, 3.05) is 33.9 Å². The van der Waals surface area contributed by atoms with Gasteiger partial charge in [-0.2, -0.15) is 0 Å². The second-order valence-corrected chi connectivity index (χ2v) is 5.20. The fourth-order valence-electron chi connectivity index (χ4n) is 2.34. The minimum atomic E-state index is 0.472. The van der Waals surface area contributed by atoms with Crippen LogP contribution in [0.3, 0.4) is 0 Å². The van der Waals surface area contributed by atoms with Gasteiger partial charge in [0.15, 0.2) is 0 Å². The average molecular weight is 249 g/mol. The molecule has 1 aliphatic carbocycles. The summed E-state index contributed by atoms with van der Waals surface area (Å²) < 4.78 is 10.3. The lowest BCUT2D eigenvalue weighted by Crippen LogP contribution is -2.28. The van der Waals surface area contributed by atoms with E-state index in [4.69, 9.17) is 9.47 Å². The van der Waals surface area contributed by atoms with Crippen LogP contribution in [0.4, 0.5) is 0 Å². The van der Waals surface area contributed by atoms with E-state index in [1.807, 2.05) is 6.07 Å². The summed E-state index contributed by atoms with van der Waals surface area (Å²) in [5.74, 6) is 0.954. The molecule has 0 aliphatic heterocycles. The number of nitrogens with one attached hydrogen (secondary N) is 1. The average Bonchev–Trinajstić information content (AvgIpc) is 3.15. The van der Waals surface area contributed by atoms with Crippen molar-refractivity contribution in [2.24, 2.45) is 5.41 Å². The molecule has 2 rings (SSSR count). The summed E-state index contributed by atoms with van der Waals surface area (Å²) in [6, 6.07) is 8.41. The second-order valence-electron chi connectivity index (χ2n) is 5.20. The van der Waals surface area contributed by atoms with Crippen LogP contribution in [0.2, 0.25) is 0 Å². The van der Waals surface area contributed by atoms with Crippen molar-refractivity contribution in [2.45, 2.75) is 19.3 Å². The second kappa shape index (κ2) is 6.21. The van der Waals surface area contributed by atoms with Crippen LogP contribution in [0.25, 0.3) is 0 Å². The zero-order valence-electron chi connectivity index (χ0n) is 11.4. The van der Waals surface area contributed by atoms with Gasteiger partial charge < -0.3 is 14.8 Å². The van der Waals surface area contributed by atoms with E-state index in [0.717, 1.165) is 31.9 Å². The molecule has 3 heteroatoms. The maximum atomic E-state index is 5.27. The Morgan fingerprint density at radius 2 is 2.11 bits per heavy atom. The van der Waals surface area contributed by atoms with Gasteiger partial charge in [-0.3, -0.25) is 0 Å². The van der Waals surface area contributed by atoms with E-state index in [2.05, 4.69) is 23.5 Å². The number of rotatable bonds is 8. The predicted molar refractivity (Wildman–Crippen MR) is 73.1 cm³/mol. The lowest BCUT2D eigenvalue weighted by atomic mass is 9.96. The fourth-order valence-corrected chi connectivity index (χ4v) is 2.34. The largest absolute Gasteiger partial charge is 0.497 e. The quantitative estimate of drug-likeness (QED) is 0.717. The van der Waals surface area contributed by atoms with Gasteiger partial charge in [-0.1, -0.05) is 12.1 Å². The normalized spacial score (nSPS) is 16.6. The maximum Gasteiger partial charge on any atom is 0.119 e. The van der Waals surface area contributed by atoms with Crippen LogP contribution in [0.1, 0.15) is 18.4 Å². The van der Waals surface area contributed by atoms with Crippen LogP contribution < -0.4 is 10.1 Å². The van der Waals surface area contributed by atoms with E-state index in [1.165, 1.54) is 18.4 Å². The third kappa shape index (κ3) is 3.72. The molecule has 0 saturated heterocycles. The Morgan fingerprint density at radius 3 is 2.78 bits per heavy atom. The number of benzene rings is 1. The third-order valence-electron chi connectivity index (χ3n) is 3.65. The highest BCUT2D eigenvalue weighted by atomic mass is 16.5. The predicted octanol–water partition coefficient (Wildman–Crippen LogP) is 2.25. The van der Waals surface area contributed by atoms with Crippen molar-refractivity contribution in [3.05, 3.63) is 29.8 Å². The molecule has 0 aromatic heterocycles. The zero-order valence-corrected chi connectivity index (χ0v) is 11.4. The highest BCUT2D eigenvalue weighted by Gasteiger charge is 2.41. The van der Waals surface area contributed by atoms with Gasteiger partial charge in [0.05, 0.1) is 13.7 Å². The van der Waals surface area contributed by atoms with Crippen molar-refractivity contribution in [3.8, 4) is 5.75 Å². The summed E-state index contributed by atoms with van der Waals surface area (Å²) >= 11 is 0. The Labute approximate surface area is 109 Å². The molecule has 0 heterocycles. The summed E-state index contributed by atoms with van der Waals surface area (Å²) in [4.78, 5) is 0. The van der Waals surface area contributed by atoms with Crippen LogP contribution in [0, 0.1) is 5.41 Å². The van der Waals surface area contributed by atoms with Gasteiger partial charge in [-0.25, -0.2) is 0 Å². The first-order valence-electron chi connectivity index (χ1n) is 6.61. The van der Waals surface area contributed by atoms with Gasteiger partial charge in [-0.05, 0) is 42.4 Å². The lowest BCUT2D eigenvalue weighted by Gasteiger charge is -2.16. The number of hydrogen-bond donors (Lipinski definition) is 1. The molecule has 0 atom stereocenters. The molecule has 3 nitrogen and oxygen atoms in total. The molecular formula is C15H23NO2. The summed E-state index contributed by atoms with van der Waals surface area (Å²) in [5.41, 5.74) is 1.85. The molecule has 0 amide bonds. The Hall–Kier alpha value is -1.06. The standard InChI is InChI=1S/C15H23NO2/c1-17-9-8-16-12-15(6-7-15)11-13-4-3-5-14(10-13)18-2/h3-5,10,16H,6-9,11-12H2,1-2H3. The summed E-state index contributed by atoms with van der Waals surface area (Å²) in [5, 5.41) is 3.48. The molecule has 0 unspecified atom stereocenters. The van der Waals surface area contributed by atoms with Gasteiger partial charge in [0.2, 0.25) is 0 Å². The molecule has 1 aromatic rings. The van der Waals surface area contributed by atoms with Gasteiger partial charge in [0.25, 0.3) is 0 Å². The van der Waals surface area contributed by atoms with E-state index >= 15 is 0 Å². The molecule has 0 radical (unpaired) electrons. The van der Waals surface area contributed by atoms with Crippen LogP contribution >= 0.6 is 0 Å². The van der Waals surface area contributed by atoms with E-state index in [1.54, 1.807) is 14.2 Å². The van der Waals surface area contributed by atoms with Crippen molar-refractivity contribution in [3.63, 3.8) is 0 Å².